The predicted octanol–water partition coefficient (Wildman–Crippen LogP) is 13.7. The van der Waals surface area contributed by atoms with E-state index in [4.69, 9.17) is 15.0 Å². The van der Waals surface area contributed by atoms with Crippen LogP contribution >= 0.6 is 11.3 Å². The first-order valence-electron chi connectivity index (χ1n) is 18.8. The molecule has 0 aliphatic carbocycles. The summed E-state index contributed by atoms with van der Waals surface area (Å²) in [6.45, 7) is 0. The summed E-state index contributed by atoms with van der Waals surface area (Å²) >= 11 is 1.87. The number of para-hydroxylation sites is 2. The maximum atomic E-state index is 5.22. The highest BCUT2D eigenvalue weighted by molar-refractivity contribution is 7.26. The molecule has 0 saturated heterocycles. The number of fused-ring (bicyclic) bond motifs is 7. The second-order valence-corrected chi connectivity index (χ2v) is 15.0. The highest BCUT2D eigenvalue weighted by Gasteiger charge is 2.22. The fourth-order valence-corrected chi connectivity index (χ4v) is 9.34. The Kier molecular flexibility index (Phi) is 7.64. The van der Waals surface area contributed by atoms with E-state index in [1.165, 1.54) is 47.6 Å². The van der Waals surface area contributed by atoms with Crippen LogP contribution in [0.4, 0.5) is 0 Å². The van der Waals surface area contributed by atoms with Gasteiger partial charge in [0.05, 0.1) is 16.7 Å². The van der Waals surface area contributed by atoms with Gasteiger partial charge in [-0.15, -0.1) is 11.3 Å². The van der Waals surface area contributed by atoms with Crippen LogP contribution in [0, 0.1) is 0 Å². The van der Waals surface area contributed by atoms with Gasteiger partial charge in [0.1, 0.15) is 0 Å². The topological polar surface area (TPSA) is 43.6 Å². The van der Waals surface area contributed by atoms with Crippen LogP contribution in [0.3, 0.4) is 0 Å². The zero-order chi connectivity index (χ0) is 37.0. The molecule has 0 atom stereocenters. The first-order chi connectivity index (χ1) is 27.8. The van der Waals surface area contributed by atoms with Crippen LogP contribution in [-0.4, -0.2) is 19.5 Å². The lowest BCUT2D eigenvalue weighted by atomic mass is 10.0. The Bertz CT molecular complexity index is 3220. The molecular formula is C51H32N4S. The first kappa shape index (κ1) is 32.2. The molecule has 0 radical (unpaired) electrons. The Hall–Kier alpha value is -7.21. The number of thiophene rings is 1. The van der Waals surface area contributed by atoms with E-state index in [0.29, 0.717) is 17.5 Å². The maximum Gasteiger partial charge on any atom is 0.166 e. The van der Waals surface area contributed by atoms with Crippen molar-refractivity contribution in [2.45, 2.75) is 0 Å². The fraction of sp³-hybridized carbons (Fsp3) is 0. The molecule has 0 fully saturated rings. The summed E-state index contributed by atoms with van der Waals surface area (Å²) in [7, 11) is 0. The summed E-state index contributed by atoms with van der Waals surface area (Å²) in [4.78, 5) is 15.5. The molecule has 0 bridgehead atoms. The van der Waals surface area contributed by atoms with Crippen molar-refractivity contribution in [3.8, 4) is 62.1 Å². The predicted molar refractivity (Wildman–Crippen MR) is 234 cm³/mol. The van der Waals surface area contributed by atoms with Crippen LogP contribution in [-0.2, 0) is 0 Å². The fourth-order valence-electron chi connectivity index (χ4n) is 8.09. The van der Waals surface area contributed by atoms with Crippen molar-refractivity contribution in [1.29, 1.82) is 0 Å². The van der Waals surface area contributed by atoms with Gasteiger partial charge in [0.2, 0.25) is 0 Å². The maximum absolute atomic E-state index is 5.22. The largest absolute Gasteiger partial charge is 0.308 e. The van der Waals surface area contributed by atoms with Gasteiger partial charge >= 0.3 is 0 Å². The third kappa shape index (κ3) is 5.32. The van der Waals surface area contributed by atoms with E-state index in [2.05, 4.69) is 174 Å². The van der Waals surface area contributed by atoms with Crippen LogP contribution in [0.5, 0.6) is 0 Å². The summed E-state index contributed by atoms with van der Waals surface area (Å²) in [6.07, 6.45) is 0. The molecule has 11 aromatic rings. The number of benzene rings is 8. The number of hydrogen-bond acceptors (Lipinski definition) is 4. The van der Waals surface area contributed by atoms with E-state index in [-0.39, 0.29) is 0 Å². The van der Waals surface area contributed by atoms with E-state index < -0.39 is 0 Å². The second kappa shape index (κ2) is 13.3. The molecule has 56 heavy (non-hydrogen) atoms. The lowest BCUT2D eigenvalue weighted by Crippen LogP contribution is -2.03. The van der Waals surface area contributed by atoms with E-state index in [9.17, 15) is 0 Å². The molecule has 0 aliphatic heterocycles. The lowest BCUT2D eigenvalue weighted by molar-refractivity contribution is 1.06. The Labute approximate surface area is 327 Å². The van der Waals surface area contributed by atoms with Crippen LogP contribution < -0.4 is 0 Å². The van der Waals surface area contributed by atoms with E-state index >= 15 is 0 Å². The van der Waals surface area contributed by atoms with Crippen LogP contribution in [0.15, 0.2) is 194 Å². The van der Waals surface area contributed by atoms with Gasteiger partial charge in [-0.05, 0) is 52.6 Å². The number of rotatable bonds is 6. The van der Waals surface area contributed by atoms with Crippen molar-refractivity contribution >= 4 is 53.3 Å². The average Bonchev–Trinajstić information content (AvgIpc) is 3.83. The molecule has 0 amide bonds. The normalized spacial score (nSPS) is 11.6. The van der Waals surface area contributed by atoms with Gasteiger partial charge < -0.3 is 4.57 Å². The van der Waals surface area contributed by atoms with Gasteiger partial charge in [0.15, 0.2) is 17.5 Å². The number of nitrogens with zero attached hydrogens (tertiary/aromatic N) is 4. The Morgan fingerprint density at radius 1 is 0.339 bits per heavy atom. The highest BCUT2D eigenvalue weighted by Crippen LogP contribution is 2.46. The van der Waals surface area contributed by atoms with Gasteiger partial charge in [-0.25, -0.2) is 15.0 Å². The number of aromatic nitrogens is 4. The molecule has 5 heteroatoms. The van der Waals surface area contributed by atoms with Crippen LogP contribution in [0.25, 0.3) is 104 Å². The molecule has 3 heterocycles. The Morgan fingerprint density at radius 2 is 0.875 bits per heavy atom. The summed E-state index contributed by atoms with van der Waals surface area (Å²) < 4.78 is 4.98. The SMILES string of the molecule is c1ccc(-c2ccc(-c3nc(-c4ccccc4)nc(-c4ccccc4-n4c5ccccc5c5c6c(ccc54)sc4c(-c5ccccc5)cccc46)n3)cc2)cc1. The molecule has 3 aromatic heterocycles. The minimum Gasteiger partial charge on any atom is -0.308 e. The zero-order valence-corrected chi connectivity index (χ0v) is 31.0. The van der Waals surface area contributed by atoms with Crippen molar-refractivity contribution in [3.05, 3.63) is 194 Å². The van der Waals surface area contributed by atoms with Gasteiger partial charge in [-0.1, -0.05) is 164 Å². The van der Waals surface area contributed by atoms with Gasteiger partial charge in [0.25, 0.3) is 0 Å². The Morgan fingerprint density at radius 3 is 1.62 bits per heavy atom. The molecular weight excluding hydrogens is 701 g/mol. The van der Waals surface area contributed by atoms with E-state index in [1.807, 2.05) is 35.6 Å². The van der Waals surface area contributed by atoms with Crippen LogP contribution in [0.1, 0.15) is 0 Å². The molecule has 4 nitrogen and oxygen atoms in total. The Balaban J connectivity index is 1.13. The zero-order valence-electron chi connectivity index (χ0n) is 30.2. The van der Waals surface area contributed by atoms with Crippen LogP contribution in [0.2, 0.25) is 0 Å². The summed E-state index contributed by atoms with van der Waals surface area (Å²) in [5.41, 5.74) is 10.9. The second-order valence-electron chi connectivity index (χ2n) is 14.0. The van der Waals surface area contributed by atoms with Crippen molar-refractivity contribution in [3.63, 3.8) is 0 Å². The minimum absolute atomic E-state index is 0.622. The minimum atomic E-state index is 0.622. The molecule has 0 N–H and O–H groups in total. The lowest BCUT2D eigenvalue weighted by Gasteiger charge is -2.14. The van der Waals surface area contributed by atoms with Gasteiger partial charge in [-0.3, -0.25) is 0 Å². The highest BCUT2D eigenvalue weighted by atomic mass is 32.1. The van der Waals surface area contributed by atoms with Crippen molar-refractivity contribution in [1.82, 2.24) is 19.5 Å². The molecule has 0 saturated carbocycles. The summed E-state index contributed by atoms with van der Waals surface area (Å²) in [6, 6.07) is 68.4. The molecule has 8 aromatic carbocycles. The van der Waals surface area contributed by atoms with Gasteiger partial charge in [-0.2, -0.15) is 0 Å². The van der Waals surface area contributed by atoms with E-state index in [0.717, 1.165) is 39.0 Å². The smallest absolute Gasteiger partial charge is 0.166 e. The van der Waals surface area contributed by atoms with E-state index in [1.54, 1.807) is 0 Å². The number of hydrogen-bond donors (Lipinski definition) is 0. The molecule has 0 aliphatic rings. The summed E-state index contributed by atoms with van der Waals surface area (Å²) in [5, 5.41) is 5.04. The molecule has 262 valence electrons. The average molecular weight is 733 g/mol. The standard InChI is InChI=1S/C51H32N4S/c1-4-15-33(16-5-1)34-27-29-37(30-28-34)50-52-49(36-19-8-3-9-20-36)53-51(54-50)40-22-11-13-26-43(40)55-42-25-12-10-21-39(42)46-44(55)31-32-45-47(46)41-24-14-23-38(48(41)56-45)35-17-6-2-7-18-35/h1-32H. The van der Waals surface area contributed by atoms with Crippen molar-refractivity contribution in [2.24, 2.45) is 0 Å². The first-order valence-corrected chi connectivity index (χ1v) is 19.6. The molecule has 0 spiro atoms. The summed E-state index contributed by atoms with van der Waals surface area (Å²) in [5.74, 6) is 1.89. The van der Waals surface area contributed by atoms with Gasteiger partial charge in [0, 0.05) is 47.6 Å². The van der Waals surface area contributed by atoms with Crippen molar-refractivity contribution < 1.29 is 0 Å². The third-order valence-electron chi connectivity index (χ3n) is 10.7. The quantitative estimate of drug-likeness (QED) is 0.171. The monoisotopic (exact) mass is 732 g/mol. The third-order valence-corrected chi connectivity index (χ3v) is 11.9. The molecule has 0 unspecified atom stereocenters. The van der Waals surface area contributed by atoms with Crippen molar-refractivity contribution in [2.75, 3.05) is 0 Å². The molecule has 11 rings (SSSR count).